The van der Waals surface area contributed by atoms with Crippen molar-refractivity contribution in [2.24, 2.45) is 0 Å². The van der Waals surface area contributed by atoms with Gasteiger partial charge in [0.15, 0.2) is 0 Å². The first-order chi connectivity index (χ1) is 31.6. The van der Waals surface area contributed by atoms with Gasteiger partial charge in [0.25, 0.3) is 11.1 Å². The van der Waals surface area contributed by atoms with Crippen LogP contribution in [-0.4, -0.2) is 91.4 Å². The first-order valence-corrected chi connectivity index (χ1v) is 22.2. The number of para-hydroxylation sites is 4. The van der Waals surface area contributed by atoms with Crippen LogP contribution in [0.3, 0.4) is 0 Å². The van der Waals surface area contributed by atoms with Crippen LogP contribution in [0.25, 0.3) is 22.1 Å². The highest BCUT2D eigenvalue weighted by molar-refractivity contribution is 5.80. The van der Waals surface area contributed by atoms with Crippen LogP contribution in [-0.2, 0) is 19.5 Å². The molecule has 0 bridgehead atoms. The van der Waals surface area contributed by atoms with Crippen LogP contribution in [0.2, 0.25) is 0 Å². The summed E-state index contributed by atoms with van der Waals surface area (Å²) in [7, 11) is 3.89. The lowest BCUT2D eigenvalue weighted by molar-refractivity contribution is 0.469. The van der Waals surface area contributed by atoms with Gasteiger partial charge in [0.2, 0.25) is 23.8 Å². The molecule has 2 N–H and O–H groups in total. The molecule has 0 radical (unpaired) electrons. The molecule has 0 saturated carbocycles. The molecule has 10 rings (SSSR count). The van der Waals surface area contributed by atoms with Crippen molar-refractivity contribution in [1.29, 1.82) is 0 Å². The third-order valence-corrected chi connectivity index (χ3v) is 13.1. The van der Waals surface area contributed by atoms with Crippen LogP contribution >= 0.6 is 0 Å². The fourth-order valence-corrected chi connectivity index (χ4v) is 9.36. The molecule has 16 heteroatoms. The van der Waals surface area contributed by atoms with Gasteiger partial charge < -0.3 is 28.7 Å². The normalized spacial score (nSPS) is 15.0. The first kappa shape index (κ1) is 41.6. The average molecular weight is 877 g/mol. The SMILES string of the molecule is CN(c1ncc(Cc2cnc(N(C)C3CCN(c4nc5ccccc5n4Cc4ccc(F)cc4)CC3)[nH]c2=O)c(=O)[nH]1)C1CCN(c2nc3ccccc3n2Cc2ccc(F)cc2)CC1. The Hall–Kier alpha value is -7.36. The lowest BCUT2D eigenvalue weighted by Gasteiger charge is -2.37. The number of halogens is 2. The predicted octanol–water partition coefficient (Wildman–Crippen LogP) is 6.73. The van der Waals surface area contributed by atoms with Crippen LogP contribution in [0.15, 0.2) is 119 Å². The van der Waals surface area contributed by atoms with Crippen LogP contribution < -0.4 is 30.7 Å². The third kappa shape index (κ3) is 8.55. The molecule has 2 aliphatic heterocycles. The molecule has 332 valence electrons. The van der Waals surface area contributed by atoms with Gasteiger partial charge in [0.1, 0.15) is 11.6 Å². The minimum atomic E-state index is -0.299. The van der Waals surface area contributed by atoms with Gasteiger partial charge in [-0.15, -0.1) is 0 Å². The fraction of sp³-hybridized carbons (Fsp3) is 0.306. The smallest absolute Gasteiger partial charge is 0.255 e. The largest absolute Gasteiger partial charge is 0.342 e. The molecule has 6 heterocycles. The van der Waals surface area contributed by atoms with E-state index < -0.39 is 0 Å². The molecular formula is C49H50F2N12O2. The summed E-state index contributed by atoms with van der Waals surface area (Å²) in [5.41, 5.74) is 6.03. The number of aromatic amines is 2. The van der Waals surface area contributed by atoms with Crippen molar-refractivity contribution < 1.29 is 8.78 Å². The highest BCUT2D eigenvalue weighted by atomic mass is 19.1. The van der Waals surface area contributed by atoms with Crippen molar-refractivity contribution in [2.75, 3.05) is 59.9 Å². The Kier molecular flexibility index (Phi) is 11.3. The number of hydrogen-bond donors (Lipinski definition) is 2. The zero-order valence-electron chi connectivity index (χ0n) is 36.4. The van der Waals surface area contributed by atoms with Crippen LogP contribution in [0, 0.1) is 11.6 Å². The zero-order valence-corrected chi connectivity index (χ0v) is 36.4. The summed E-state index contributed by atoms with van der Waals surface area (Å²) in [5, 5.41) is 0. The summed E-state index contributed by atoms with van der Waals surface area (Å²) in [4.78, 5) is 60.7. The van der Waals surface area contributed by atoms with E-state index in [0.29, 0.717) is 36.1 Å². The molecule has 0 spiro atoms. The second kappa shape index (κ2) is 17.7. The molecule has 0 aliphatic carbocycles. The Balaban J connectivity index is 0.757. The lowest BCUT2D eigenvalue weighted by Crippen LogP contribution is -2.45. The average Bonchev–Trinajstić information content (AvgIpc) is 3.89. The standard InChI is InChI=1S/C49H50F2N12O2/c1-58(38-19-23-60(24-20-38)48-54-40-7-3-5-9-42(40)62(48)30-32-11-15-36(50)16-12-32)46-52-28-34(44(64)56-46)27-35-29-53-47(57-45(35)65)59(2)39-21-25-61(26-22-39)49-55-41-8-4-6-10-43(41)63(49)31-33-13-17-37(51)18-14-33/h3-18,28-29,38-39H,19-27,30-31H2,1-2H3,(H,52,56,64)(H,53,57,65). The number of piperidine rings is 2. The van der Waals surface area contributed by atoms with Gasteiger partial charge in [-0.05, 0) is 85.3 Å². The summed E-state index contributed by atoms with van der Waals surface area (Å²) in [5.74, 6) is 2.19. The van der Waals surface area contributed by atoms with E-state index in [4.69, 9.17) is 9.97 Å². The molecule has 2 saturated heterocycles. The highest BCUT2D eigenvalue weighted by Gasteiger charge is 2.29. The molecule has 65 heavy (non-hydrogen) atoms. The molecule has 14 nitrogen and oxygen atoms in total. The van der Waals surface area contributed by atoms with Crippen molar-refractivity contribution in [3.63, 3.8) is 0 Å². The highest BCUT2D eigenvalue weighted by Crippen LogP contribution is 2.30. The molecule has 8 aromatic rings. The zero-order chi connectivity index (χ0) is 44.6. The summed E-state index contributed by atoms with van der Waals surface area (Å²) in [6.45, 7) is 4.18. The minimum absolute atomic E-state index is 0.0906. The van der Waals surface area contributed by atoms with E-state index in [0.717, 1.165) is 97.0 Å². The van der Waals surface area contributed by atoms with Crippen LogP contribution in [0.5, 0.6) is 0 Å². The molecule has 4 aromatic carbocycles. The van der Waals surface area contributed by atoms with E-state index in [1.165, 1.54) is 24.3 Å². The Morgan fingerprint density at radius 1 is 0.569 bits per heavy atom. The van der Waals surface area contributed by atoms with Gasteiger partial charge in [0.05, 0.1) is 35.2 Å². The first-order valence-electron chi connectivity index (χ1n) is 22.2. The lowest BCUT2D eigenvalue weighted by atomic mass is 10.0. The summed E-state index contributed by atoms with van der Waals surface area (Å²) >= 11 is 0. The summed E-state index contributed by atoms with van der Waals surface area (Å²) < 4.78 is 31.7. The maximum atomic E-state index is 13.7. The minimum Gasteiger partial charge on any atom is -0.342 e. The Labute approximate surface area is 373 Å². The topological polar surface area (TPSA) is 140 Å². The number of imidazole rings is 2. The van der Waals surface area contributed by atoms with Crippen molar-refractivity contribution in [1.82, 2.24) is 39.0 Å². The maximum absolute atomic E-state index is 13.7. The second-order valence-electron chi connectivity index (χ2n) is 17.2. The number of aromatic nitrogens is 8. The molecule has 2 aliphatic rings. The third-order valence-electron chi connectivity index (χ3n) is 13.1. The van der Waals surface area contributed by atoms with Crippen molar-refractivity contribution >= 4 is 45.9 Å². The number of fused-ring (bicyclic) bond motifs is 2. The fourth-order valence-electron chi connectivity index (χ4n) is 9.36. The molecule has 2 fully saturated rings. The number of H-pyrrole nitrogens is 2. The number of anilines is 4. The quantitative estimate of drug-likeness (QED) is 0.136. The van der Waals surface area contributed by atoms with Gasteiger partial charge in [0, 0.05) is 82.3 Å². The Bertz CT molecular complexity index is 2870. The van der Waals surface area contributed by atoms with Crippen molar-refractivity contribution in [2.45, 2.75) is 57.3 Å². The van der Waals surface area contributed by atoms with E-state index in [1.807, 2.05) is 84.6 Å². The van der Waals surface area contributed by atoms with E-state index in [-0.39, 0.29) is 41.3 Å². The van der Waals surface area contributed by atoms with E-state index in [2.05, 4.69) is 51.0 Å². The van der Waals surface area contributed by atoms with Crippen LogP contribution in [0.4, 0.5) is 32.6 Å². The van der Waals surface area contributed by atoms with Crippen molar-refractivity contribution in [3.8, 4) is 0 Å². The molecule has 0 unspecified atom stereocenters. The molecule has 4 aromatic heterocycles. The predicted molar refractivity (Wildman–Crippen MR) is 250 cm³/mol. The monoisotopic (exact) mass is 876 g/mol. The van der Waals surface area contributed by atoms with Crippen molar-refractivity contribution in [3.05, 3.63) is 164 Å². The summed E-state index contributed by atoms with van der Waals surface area (Å²) in [6.07, 6.45) is 6.49. The summed E-state index contributed by atoms with van der Waals surface area (Å²) in [6, 6.07) is 29.6. The van der Waals surface area contributed by atoms with Gasteiger partial charge in [-0.2, -0.15) is 0 Å². The van der Waals surface area contributed by atoms with Gasteiger partial charge in [-0.1, -0.05) is 48.5 Å². The molecular weight excluding hydrogens is 827 g/mol. The van der Waals surface area contributed by atoms with Gasteiger partial charge >= 0.3 is 0 Å². The van der Waals surface area contributed by atoms with E-state index in [9.17, 15) is 18.4 Å². The number of nitrogens with one attached hydrogen (secondary N) is 2. The number of hydrogen-bond acceptors (Lipinski definition) is 10. The maximum Gasteiger partial charge on any atom is 0.255 e. The number of benzene rings is 4. The van der Waals surface area contributed by atoms with Gasteiger partial charge in [-0.25, -0.2) is 28.7 Å². The number of rotatable bonds is 12. The number of nitrogens with zero attached hydrogens (tertiary/aromatic N) is 10. The van der Waals surface area contributed by atoms with Gasteiger partial charge in [-0.3, -0.25) is 19.6 Å². The van der Waals surface area contributed by atoms with Crippen LogP contribution in [0.1, 0.15) is 47.9 Å². The Morgan fingerprint density at radius 2 is 0.954 bits per heavy atom. The molecule has 0 atom stereocenters. The second-order valence-corrected chi connectivity index (χ2v) is 17.2. The molecule has 0 amide bonds. The van der Waals surface area contributed by atoms with E-state index in [1.54, 1.807) is 12.4 Å². The Morgan fingerprint density at radius 3 is 1.34 bits per heavy atom. The van der Waals surface area contributed by atoms with E-state index >= 15 is 0 Å².